The summed E-state index contributed by atoms with van der Waals surface area (Å²) >= 11 is 0. The van der Waals surface area contributed by atoms with Gasteiger partial charge >= 0.3 is 5.97 Å². The van der Waals surface area contributed by atoms with Gasteiger partial charge in [-0.15, -0.1) is 5.10 Å². The van der Waals surface area contributed by atoms with Crippen molar-refractivity contribution < 1.29 is 19.6 Å². The Morgan fingerprint density at radius 1 is 1.47 bits per heavy atom. The van der Waals surface area contributed by atoms with Crippen molar-refractivity contribution in [3.8, 4) is 5.69 Å². The van der Waals surface area contributed by atoms with Crippen molar-refractivity contribution in [3.63, 3.8) is 0 Å². The van der Waals surface area contributed by atoms with Crippen LogP contribution in [0.5, 0.6) is 0 Å². The summed E-state index contributed by atoms with van der Waals surface area (Å²) in [6.07, 6.45) is 1.59. The van der Waals surface area contributed by atoms with E-state index >= 15 is 0 Å². The van der Waals surface area contributed by atoms with Crippen LogP contribution in [0.2, 0.25) is 0 Å². The second-order valence-corrected chi connectivity index (χ2v) is 3.47. The minimum atomic E-state index is -1.23. The van der Waals surface area contributed by atoms with Gasteiger partial charge in [0.2, 0.25) is 0 Å². The summed E-state index contributed by atoms with van der Waals surface area (Å²) in [5.41, 5.74) is -0.573. The largest absolute Gasteiger partial charge is 0.478 e. The molecule has 96 valence electrons. The van der Waals surface area contributed by atoms with Crippen LogP contribution in [0.25, 0.3) is 5.69 Å². The highest BCUT2D eigenvalue weighted by Crippen LogP contribution is 2.23. The van der Waals surface area contributed by atoms with Gasteiger partial charge in [0.1, 0.15) is 11.4 Å². The van der Waals surface area contributed by atoms with Crippen molar-refractivity contribution in [2.24, 2.45) is 0 Å². The van der Waals surface area contributed by atoms with Crippen LogP contribution in [-0.4, -0.2) is 37.3 Å². The summed E-state index contributed by atoms with van der Waals surface area (Å²) < 4.78 is 0.980. The number of nitro groups is 1. The van der Waals surface area contributed by atoms with Gasteiger partial charge < -0.3 is 5.11 Å². The van der Waals surface area contributed by atoms with E-state index in [1.54, 1.807) is 0 Å². The average Bonchev–Trinajstić information content (AvgIpc) is 2.86. The van der Waals surface area contributed by atoms with Crippen LogP contribution in [0.15, 0.2) is 24.4 Å². The Kier molecular flexibility index (Phi) is 3.02. The fraction of sp³-hybridized carbons (Fsp3) is 0. The molecule has 0 saturated carbocycles. The van der Waals surface area contributed by atoms with Crippen LogP contribution in [0.4, 0.5) is 5.69 Å². The molecule has 9 heteroatoms. The number of aldehydes is 1. The quantitative estimate of drug-likeness (QED) is 0.487. The zero-order chi connectivity index (χ0) is 14.0. The number of carboxylic acids is 1. The first-order chi connectivity index (χ1) is 9.02. The lowest BCUT2D eigenvalue weighted by Crippen LogP contribution is -2.04. The molecule has 0 aliphatic heterocycles. The van der Waals surface area contributed by atoms with Gasteiger partial charge in [0.25, 0.3) is 5.69 Å². The van der Waals surface area contributed by atoms with E-state index in [2.05, 4.69) is 10.3 Å². The summed E-state index contributed by atoms with van der Waals surface area (Å²) in [6.45, 7) is 0. The number of benzene rings is 1. The molecule has 0 saturated heterocycles. The SMILES string of the molecule is O=Cc1cn(-c2cc(C(=O)O)ccc2[N+](=O)[O-])nn1. The van der Waals surface area contributed by atoms with Gasteiger partial charge in [0.15, 0.2) is 6.29 Å². The van der Waals surface area contributed by atoms with Crippen LogP contribution in [0.3, 0.4) is 0 Å². The molecule has 0 fully saturated rings. The van der Waals surface area contributed by atoms with Gasteiger partial charge in [-0.25, -0.2) is 9.48 Å². The van der Waals surface area contributed by atoms with Gasteiger partial charge in [-0.1, -0.05) is 5.21 Å². The molecule has 1 heterocycles. The van der Waals surface area contributed by atoms with E-state index in [0.717, 1.165) is 22.9 Å². The fourth-order valence-electron chi connectivity index (χ4n) is 1.44. The highest BCUT2D eigenvalue weighted by atomic mass is 16.6. The van der Waals surface area contributed by atoms with Gasteiger partial charge in [-0.2, -0.15) is 0 Å². The second kappa shape index (κ2) is 4.64. The number of hydrogen-bond donors (Lipinski definition) is 1. The lowest BCUT2D eigenvalue weighted by atomic mass is 10.1. The van der Waals surface area contributed by atoms with Gasteiger partial charge in [-0.05, 0) is 12.1 Å². The van der Waals surface area contributed by atoms with E-state index in [0.29, 0.717) is 6.29 Å². The zero-order valence-corrected chi connectivity index (χ0v) is 9.26. The monoisotopic (exact) mass is 262 g/mol. The molecule has 1 aromatic carbocycles. The number of aromatic carboxylic acids is 1. The second-order valence-electron chi connectivity index (χ2n) is 3.47. The number of nitro benzene ring substituents is 1. The zero-order valence-electron chi connectivity index (χ0n) is 9.26. The average molecular weight is 262 g/mol. The van der Waals surface area contributed by atoms with E-state index in [1.807, 2.05) is 0 Å². The molecular formula is C10H6N4O5. The summed E-state index contributed by atoms with van der Waals surface area (Å²) in [7, 11) is 0. The van der Waals surface area contributed by atoms with E-state index in [4.69, 9.17) is 5.11 Å². The van der Waals surface area contributed by atoms with Crippen LogP contribution < -0.4 is 0 Å². The Balaban J connectivity index is 2.63. The molecule has 0 aliphatic carbocycles. The highest BCUT2D eigenvalue weighted by Gasteiger charge is 2.19. The summed E-state index contributed by atoms with van der Waals surface area (Å²) in [6, 6.07) is 3.26. The van der Waals surface area contributed by atoms with Crippen molar-refractivity contribution in [2.45, 2.75) is 0 Å². The third-order valence-corrected chi connectivity index (χ3v) is 2.30. The van der Waals surface area contributed by atoms with E-state index in [-0.39, 0.29) is 22.6 Å². The minimum Gasteiger partial charge on any atom is -0.478 e. The number of rotatable bonds is 4. The van der Waals surface area contributed by atoms with Crippen LogP contribution in [-0.2, 0) is 0 Å². The number of carbonyl (C=O) groups excluding carboxylic acids is 1. The van der Waals surface area contributed by atoms with Crippen molar-refractivity contribution in [1.82, 2.24) is 15.0 Å². The topological polar surface area (TPSA) is 128 Å². The molecule has 0 aliphatic rings. The molecule has 0 amide bonds. The summed E-state index contributed by atoms with van der Waals surface area (Å²) in [5.74, 6) is -1.23. The van der Waals surface area contributed by atoms with Crippen LogP contribution in [0.1, 0.15) is 20.8 Å². The molecule has 0 atom stereocenters. The van der Waals surface area contributed by atoms with Crippen LogP contribution in [0, 0.1) is 10.1 Å². The molecular weight excluding hydrogens is 256 g/mol. The molecule has 0 spiro atoms. The van der Waals surface area contributed by atoms with Gasteiger partial charge in [0.05, 0.1) is 16.7 Å². The Bertz CT molecular complexity index is 678. The first-order valence-corrected chi connectivity index (χ1v) is 4.92. The smallest absolute Gasteiger partial charge is 0.335 e. The van der Waals surface area contributed by atoms with Gasteiger partial charge in [-0.3, -0.25) is 14.9 Å². The van der Waals surface area contributed by atoms with Crippen molar-refractivity contribution in [3.05, 3.63) is 45.8 Å². The first kappa shape index (κ1) is 12.4. The molecule has 0 bridgehead atoms. The number of aromatic nitrogens is 3. The van der Waals surface area contributed by atoms with Crippen molar-refractivity contribution >= 4 is 17.9 Å². The number of carbonyl (C=O) groups is 2. The molecule has 19 heavy (non-hydrogen) atoms. The Morgan fingerprint density at radius 3 is 2.74 bits per heavy atom. The normalized spacial score (nSPS) is 10.1. The Labute approximate surface area is 105 Å². The third-order valence-electron chi connectivity index (χ3n) is 2.30. The molecule has 1 N–H and O–H groups in total. The van der Waals surface area contributed by atoms with Crippen LogP contribution >= 0.6 is 0 Å². The summed E-state index contributed by atoms with van der Waals surface area (Å²) in [5, 5.41) is 26.7. The maximum atomic E-state index is 10.9. The van der Waals surface area contributed by atoms with E-state index < -0.39 is 10.9 Å². The maximum Gasteiger partial charge on any atom is 0.335 e. The number of carboxylic acid groups (broad SMARTS) is 1. The van der Waals surface area contributed by atoms with Gasteiger partial charge in [0, 0.05) is 6.07 Å². The van der Waals surface area contributed by atoms with E-state index in [1.165, 1.54) is 6.20 Å². The predicted octanol–water partition coefficient (Wildman–Crippen LogP) is 0.686. The molecule has 0 unspecified atom stereocenters. The third kappa shape index (κ3) is 2.29. The standard InChI is InChI=1S/C10H6N4O5/c15-5-7-4-13(12-11-7)9-3-6(10(16)17)1-2-8(9)14(18)19/h1-5H,(H,16,17). The van der Waals surface area contributed by atoms with E-state index in [9.17, 15) is 19.7 Å². The number of hydrogen-bond acceptors (Lipinski definition) is 6. The lowest BCUT2D eigenvalue weighted by molar-refractivity contribution is -0.384. The minimum absolute atomic E-state index is 0.0185. The Hall–Kier alpha value is -3.10. The summed E-state index contributed by atoms with van der Waals surface area (Å²) in [4.78, 5) is 31.6. The lowest BCUT2D eigenvalue weighted by Gasteiger charge is -2.03. The maximum absolute atomic E-state index is 10.9. The highest BCUT2D eigenvalue weighted by molar-refractivity contribution is 5.89. The predicted molar refractivity (Wildman–Crippen MR) is 60.4 cm³/mol. The molecule has 1 aromatic heterocycles. The molecule has 2 aromatic rings. The molecule has 0 radical (unpaired) electrons. The Morgan fingerprint density at radius 2 is 2.21 bits per heavy atom. The fourth-order valence-corrected chi connectivity index (χ4v) is 1.44. The molecule has 2 rings (SSSR count). The first-order valence-electron chi connectivity index (χ1n) is 4.92. The van der Waals surface area contributed by atoms with Crippen molar-refractivity contribution in [2.75, 3.05) is 0 Å². The van der Waals surface area contributed by atoms with Crippen molar-refractivity contribution in [1.29, 1.82) is 0 Å². The number of nitrogens with zero attached hydrogens (tertiary/aromatic N) is 4. The molecule has 9 nitrogen and oxygen atoms in total.